The average Bonchev–Trinajstić information content (AvgIpc) is 2.52. The monoisotopic (exact) mass is 426 g/mol. The van der Waals surface area contributed by atoms with Gasteiger partial charge in [0.1, 0.15) is 0 Å². The molecule has 3 nitrogen and oxygen atoms in total. The predicted molar refractivity (Wildman–Crippen MR) is 88.6 cm³/mol. The summed E-state index contributed by atoms with van der Waals surface area (Å²) in [4.78, 5) is 9.59. The molecule has 0 aliphatic rings. The standard InChI is InChI=1S/C17H11F7NO2S/c1-9-6-10(2)14(11-4-3-5-12(8-11)25(26)27)13(7-9)28-17(23,24)15(18,19)16(20,21)22/h3-5,7-8H,1-2H3. The van der Waals surface area contributed by atoms with E-state index >= 15 is 0 Å². The number of benzene rings is 2. The lowest BCUT2D eigenvalue weighted by Crippen LogP contribution is -2.49. The molecule has 28 heavy (non-hydrogen) atoms. The second-order valence-electron chi connectivity index (χ2n) is 5.82. The molecule has 0 aromatic heterocycles. The molecule has 0 spiro atoms. The van der Waals surface area contributed by atoms with Crippen LogP contribution in [-0.4, -0.2) is 22.3 Å². The summed E-state index contributed by atoms with van der Waals surface area (Å²) in [7, 11) is 0. The molecule has 2 aromatic rings. The molecule has 0 atom stereocenters. The molecular formula is C17H11F7NO2S. The van der Waals surface area contributed by atoms with Crippen LogP contribution in [0.1, 0.15) is 11.1 Å². The number of rotatable bonds is 5. The summed E-state index contributed by atoms with van der Waals surface area (Å²) in [6.45, 7) is 2.78. The molecule has 151 valence electrons. The maximum absolute atomic E-state index is 13.9. The molecule has 0 fully saturated rings. The molecule has 0 unspecified atom stereocenters. The van der Waals surface area contributed by atoms with E-state index in [1.54, 1.807) is 0 Å². The number of nitrogens with zero attached hydrogens (tertiary/aromatic N) is 1. The number of hydrogen-bond donors (Lipinski definition) is 0. The molecule has 1 radical (unpaired) electrons. The van der Waals surface area contributed by atoms with E-state index < -0.39 is 44.6 Å². The van der Waals surface area contributed by atoms with Gasteiger partial charge in [0.2, 0.25) is 0 Å². The lowest BCUT2D eigenvalue weighted by Gasteiger charge is -2.28. The molecule has 2 rings (SSSR count). The summed E-state index contributed by atoms with van der Waals surface area (Å²) in [6, 6.07) is 8.39. The van der Waals surface area contributed by atoms with Crippen LogP contribution in [0.5, 0.6) is 0 Å². The Bertz CT molecular complexity index is 913. The quantitative estimate of drug-likeness (QED) is 0.235. The number of hydrogen-bond acceptors (Lipinski definition) is 3. The van der Waals surface area contributed by atoms with E-state index in [0.29, 0.717) is 0 Å². The van der Waals surface area contributed by atoms with Crippen molar-refractivity contribution in [3.05, 3.63) is 57.6 Å². The van der Waals surface area contributed by atoms with E-state index in [0.717, 1.165) is 18.2 Å². The fourth-order valence-corrected chi connectivity index (χ4v) is 3.56. The number of aryl methyl sites for hydroxylation is 2. The van der Waals surface area contributed by atoms with E-state index in [2.05, 4.69) is 6.07 Å². The van der Waals surface area contributed by atoms with Crippen molar-refractivity contribution in [3.8, 4) is 11.1 Å². The Morgan fingerprint density at radius 1 is 1.04 bits per heavy atom. The number of thioether (sulfide) groups is 1. The third-order valence-corrected chi connectivity index (χ3v) is 4.71. The molecule has 11 heteroatoms. The van der Waals surface area contributed by atoms with E-state index in [1.807, 2.05) is 0 Å². The molecule has 0 aliphatic heterocycles. The van der Waals surface area contributed by atoms with Crippen LogP contribution in [-0.2, 0) is 0 Å². The average molecular weight is 426 g/mol. The number of alkyl halides is 7. The highest BCUT2D eigenvalue weighted by Crippen LogP contribution is 2.55. The van der Waals surface area contributed by atoms with Crippen LogP contribution in [0.3, 0.4) is 0 Å². The van der Waals surface area contributed by atoms with Gasteiger partial charge in [-0.2, -0.15) is 30.7 Å². The molecule has 0 heterocycles. The minimum absolute atomic E-state index is 0.0107. The molecule has 0 amide bonds. The highest BCUT2D eigenvalue weighted by atomic mass is 32.2. The second kappa shape index (κ2) is 7.26. The van der Waals surface area contributed by atoms with Crippen molar-refractivity contribution in [2.45, 2.75) is 36.1 Å². The first-order chi connectivity index (χ1) is 12.7. The summed E-state index contributed by atoms with van der Waals surface area (Å²) >= 11 is -0.949. The molecule has 0 saturated heterocycles. The van der Waals surface area contributed by atoms with Crippen molar-refractivity contribution in [2.24, 2.45) is 0 Å². The molecule has 0 N–H and O–H groups in total. The Balaban J connectivity index is 2.64. The number of non-ortho nitro benzene ring substituents is 1. The van der Waals surface area contributed by atoms with Crippen LogP contribution in [0.2, 0.25) is 0 Å². The zero-order valence-electron chi connectivity index (χ0n) is 14.2. The van der Waals surface area contributed by atoms with Crippen molar-refractivity contribution >= 4 is 17.4 Å². The Labute approximate surface area is 158 Å². The van der Waals surface area contributed by atoms with Crippen LogP contribution in [0, 0.1) is 30.0 Å². The van der Waals surface area contributed by atoms with Crippen LogP contribution >= 0.6 is 11.8 Å². The SMILES string of the molecule is Cc1[c]c(C)c(-c2cccc([N+](=O)[O-])c2)c(SC(F)(F)C(F)(F)C(F)(F)F)c1. The summed E-state index contributed by atoms with van der Waals surface area (Å²) < 4.78 is 91.8. The summed E-state index contributed by atoms with van der Waals surface area (Å²) in [6.07, 6.45) is -6.46. The highest BCUT2D eigenvalue weighted by molar-refractivity contribution is 8.00. The maximum atomic E-state index is 13.9. The smallest absolute Gasteiger partial charge is 0.258 e. The van der Waals surface area contributed by atoms with E-state index in [1.165, 1.54) is 26.0 Å². The van der Waals surface area contributed by atoms with E-state index in [4.69, 9.17) is 0 Å². The lowest BCUT2D eigenvalue weighted by atomic mass is 9.98. The first-order valence-corrected chi connectivity index (χ1v) is 8.29. The summed E-state index contributed by atoms with van der Waals surface area (Å²) in [5, 5.41) is 5.41. The molecule has 0 aliphatic carbocycles. The predicted octanol–water partition coefficient (Wildman–Crippen LogP) is 6.56. The molecule has 0 saturated carbocycles. The first-order valence-electron chi connectivity index (χ1n) is 7.47. The van der Waals surface area contributed by atoms with Crippen molar-refractivity contribution < 1.29 is 35.7 Å². The van der Waals surface area contributed by atoms with Gasteiger partial charge in [0.15, 0.2) is 0 Å². The van der Waals surface area contributed by atoms with Gasteiger partial charge in [-0.25, -0.2) is 0 Å². The van der Waals surface area contributed by atoms with Crippen molar-refractivity contribution in [2.75, 3.05) is 0 Å². The minimum atomic E-state index is -6.46. The first kappa shape index (κ1) is 22.0. The van der Waals surface area contributed by atoms with Crippen LogP contribution in [0.25, 0.3) is 11.1 Å². The van der Waals surface area contributed by atoms with Gasteiger partial charge in [-0.3, -0.25) is 10.1 Å². The Morgan fingerprint density at radius 2 is 1.64 bits per heavy atom. The normalized spacial score (nSPS) is 12.9. The van der Waals surface area contributed by atoms with Gasteiger partial charge < -0.3 is 0 Å². The van der Waals surface area contributed by atoms with Gasteiger partial charge in [0.05, 0.1) is 4.92 Å². The zero-order valence-corrected chi connectivity index (χ0v) is 15.0. The number of nitro groups is 1. The largest absolute Gasteiger partial charge is 0.460 e. The van der Waals surface area contributed by atoms with Gasteiger partial charge >= 0.3 is 17.4 Å². The second-order valence-corrected chi connectivity index (χ2v) is 6.97. The third-order valence-electron chi connectivity index (χ3n) is 3.66. The van der Waals surface area contributed by atoms with Crippen LogP contribution in [0.15, 0.2) is 35.2 Å². The van der Waals surface area contributed by atoms with Crippen molar-refractivity contribution in [1.29, 1.82) is 0 Å². The lowest BCUT2D eigenvalue weighted by molar-refractivity contribution is -0.384. The number of halogens is 7. The Morgan fingerprint density at radius 3 is 2.18 bits per heavy atom. The van der Waals surface area contributed by atoms with Gasteiger partial charge in [-0.1, -0.05) is 12.1 Å². The van der Waals surface area contributed by atoms with E-state index in [-0.39, 0.29) is 22.3 Å². The van der Waals surface area contributed by atoms with E-state index in [9.17, 15) is 40.8 Å². The topological polar surface area (TPSA) is 43.1 Å². The Hall–Kier alpha value is -2.30. The van der Waals surface area contributed by atoms with Crippen molar-refractivity contribution in [1.82, 2.24) is 0 Å². The molecule has 2 aromatic carbocycles. The van der Waals surface area contributed by atoms with Crippen LogP contribution < -0.4 is 0 Å². The van der Waals surface area contributed by atoms with Gasteiger partial charge in [-0.05, 0) is 60.0 Å². The molecular weight excluding hydrogens is 415 g/mol. The fraction of sp³-hybridized carbons (Fsp3) is 0.294. The summed E-state index contributed by atoms with van der Waals surface area (Å²) in [5.41, 5.74) is -0.149. The zero-order chi connectivity index (χ0) is 21.5. The highest BCUT2D eigenvalue weighted by Gasteiger charge is 2.73. The van der Waals surface area contributed by atoms with Gasteiger partial charge in [-0.15, -0.1) is 0 Å². The van der Waals surface area contributed by atoms with Gasteiger partial charge in [0.25, 0.3) is 5.69 Å². The van der Waals surface area contributed by atoms with Gasteiger partial charge in [0, 0.05) is 17.0 Å². The maximum Gasteiger partial charge on any atom is 0.460 e. The molecule has 0 bridgehead atoms. The van der Waals surface area contributed by atoms with Crippen molar-refractivity contribution in [3.63, 3.8) is 0 Å². The Kier molecular flexibility index (Phi) is 5.71. The summed E-state index contributed by atoms with van der Waals surface area (Å²) in [5.74, 6) is -6.29. The third kappa shape index (κ3) is 4.08. The van der Waals surface area contributed by atoms with Crippen LogP contribution in [0.4, 0.5) is 36.4 Å². The fourth-order valence-electron chi connectivity index (χ4n) is 2.43. The number of nitro benzene ring substituents is 1. The minimum Gasteiger partial charge on any atom is -0.258 e.